The van der Waals surface area contributed by atoms with Crippen molar-refractivity contribution in [2.45, 2.75) is 11.8 Å². The summed E-state index contributed by atoms with van der Waals surface area (Å²) in [6, 6.07) is 1.98. The highest BCUT2D eigenvalue weighted by atomic mass is 35.5. The van der Waals surface area contributed by atoms with Gasteiger partial charge in [0.1, 0.15) is 10.7 Å². The molecule has 0 aliphatic carbocycles. The molecule has 2 aromatic rings. The molecule has 0 amide bonds. The summed E-state index contributed by atoms with van der Waals surface area (Å²) in [6.07, 6.45) is 0. The van der Waals surface area contributed by atoms with Crippen molar-refractivity contribution in [3.63, 3.8) is 0 Å². The van der Waals surface area contributed by atoms with Crippen LogP contribution in [0.15, 0.2) is 27.5 Å². The first kappa shape index (κ1) is 16.2. The number of carboxylic acids is 1. The second kappa shape index (κ2) is 5.58. The molecule has 10 heteroatoms. The van der Waals surface area contributed by atoms with Gasteiger partial charge in [-0.25, -0.2) is 22.0 Å². The number of halogens is 3. The number of nitrogens with one attached hydrogen (secondary N) is 1. The highest BCUT2D eigenvalue weighted by Crippen LogP contribution is 2.29. The van der Waals surface area contributed by atoms with Gasteiger partial charge in [-0.15, -0.1) is 0 Å². The zero-order chi connectivity index (χ0) is 16.7. The van der Waals surface area contributed by atoms with Crippen molar-refractivity contribution in [3.8, 4) is 0 Å². The van der Waals surface area contributed by atoms with Crippen LogP contribution in [0.5, 0.6) is 0 Å². The molecular weight excluding hydrogens is 344 g/mol. The minimum absolute atomic E-state index is 0.177. The summed E-state index contributed by atoms with van der Waals surface area (Å²) < 4.78 is 57.2. The van der Waals surface area contributed by atoms with E-state index in [0.717, 1.165) is 6.07 Å². The van der Waals surface area contributed by atoms with E-state index in [2.05, 4.69) is 0 Å². The van der Waals surface area contributed by atoms with Gasteiger partial charge in [0, 0.05) is 12.1 Å². The molecule has 0 saturated carbocycles. The monoisotopic (exact) mass is 351 g/mol. The summed E-state index contributed by atoms with van der Waals surface area (Å²) in [5.74, 6) is -4.73. The van der Waals surface area contributed by atoms with E-state index in [1.54, 1.807) is 0 Å². The normalized spacial score (nSPS) is 11.5. The van der Waals surface area contributed by atoms with Gasteiger partial charge >= 0.3 is 5.97 Å². The number of hydrogen-bond acceptors (Lipinski definition) is 4. The summed E-state index contributed by atoms with van der Waals surface area (Å²) in [7, 11) is -4.29. The van der Waals surface area contributed by atoms with Gasteiger partial charge in [0.2, 0.25) is 5.76 Å². The molecule has 0 atom stereocenters. The number of carbonyl (C=O) groups is 1. The molecule has 6 nitrogen and oxygen atoms in total. The second-order valence-corrected chi connectivity index (χ2v) is 6.25. The molecule has 118 valence electrons. The molecule has 0 bridgehead atoms. The highest BCUT2D eigenvalue weighted by Gasteiger charge is 2.25. The summed E-state index contributed by atoms with van der Waals surface area (Å²) in [4.78, 5) is 10.3. The number of carboxylic acid groups (broad SMARTS) is 1. The first-order chi connectivity index (χ1) is 10.1. The largest absolute Gasteiger partial charge is 0.475 e. The predicted octanol–water partition coefficient (Wildman–Crippen LogP) is 3.02. The average Bonchev–Trinajstić information content (AvgIpc) is 2.79. The van der Waals surface area contributed by atoms with Gasteiger partial charge in [-0.2, -0.15) is 0 Å². The molecule has 1 aromatic carbocycles. The topological polar surface area (TPSA) is 96.6 Å². The molecule has 22 heavy (non-hydrogen) atoms. The molecule has 0 aliphatic rings. The number of aromatic carboxylic acids is 1. The predicted molar refractivity (Wildman–Crippen MR) is 72.6 cm³/mol. The van der Waals surface area contributed by atoms with Gasteiger partial charge < -0.3 is 9.52 Å². The fourth-order valence-corrected chi connectivity index (χ4v) is 3.14. The Morgan fingerprint density at radius 3 is 2.41 bits per heavy atom. The number of hydrogen-bond donors (Lipinski definition) is 2. The molecule has 1 aromatic heterocycles. The van der Waals surface area contributed by atoms with Crippen LogP contribution in [-0.2, 0) is 10.0 Å². The van der Waals surface area contributed by atoms with Crippen LogP contribution < -0.4 is 4.72 Å². The van der Waals surface area contributed by atoms with E-state index < -0.39 is 44.0 Å². The summed E-state index contributed by atoms with van der Waals surface area (Å²) in [6.45, 7) is 1.24. The van der Waals surface area contributed by atoms with Crippen molar-refractivity contribution in [1.82, 2.24) is 0 Å². The summed E-state index contributed by atoms with van der Waals surface area (Å²) in [5.41, 5.74) is -0.391. The van der Waals surface area contributed by atoms with E-state index in [1.807, 2.05) is 4.72 Å². The Balaban J connectivity index is 2.44. The fraction of sp³-hybridized carbons (Fsp3) is 0.0833. The molecule has 0 fully saturated rings. The molecule has 0 saturated heterocycles. The number of aryl methyl sites for hydroxylation is 1. The van der Waals surface area contributed by atoms with Crippen LogP contribution in [0.3, 0.4) is 0 Å². The zero-order valence-corrected chi connectivity index (χ0v) is 12.4. The van der Waals surface area contributed by atoms with Crippen molar-refractivity contribution in [1.29, 1.82) is 0 Å². The Labute approximate surface area is 128 Å². The molecule has 2 rings (SSSR count). The Morgan fingerprint density at radius 2 is 1.86 bits per heavy atom. The Morgan fingerprint density at radius 1 is 1.27 bits per heavy atom. The van der Waals surface area contributed by atoms with Crippen LogP contribution in [0.2, 0.25) is 5.02 Å². The Hall–Kier alpha value is -2.13. The van der Waals surface area contributed by atoms with E-state index in [-0.39, 0.29) is 10.8 Å². The van der Waals surface area contributed by atoms with Gasteiger partial charge in [0.25, 0.3) is 10.0 Å². The Bertz CT molecular complexity index is 863. The standard InChI is InChI=1S/C12H8ClF2NO5S/c1-5-11(4-10(21-5)12(17)18)22(19,20)16-9-3-8(15)7(14)2-6(9)13/h2-4,16H,1H3,(H,17,18). The Kier molecular flexibility index (Phi) is 4.12. The lowest BCUT2D eigenvalue weighted by atomic mass is 10.3. The van der Waals surface area contributed by atoms with Crippen molar-refractivity contribution < 1.29 is 31.5 Å². The summed E-state index contributed by atoms with van der Waals surface area (Å²) in [5, 5.41) is 8.41. The van der Waals surface area contributed by atoms with Crippen LogP contribution in [0.4, 0.5) is 14.5 Å². The summed E-state index contributed by atoms with van der Waals surface area (Å²) >= 11 is 5.64. The smallest absolute Gasteiger partial charge is 0.371 e. The lowest BCUT2D eigenvalue weighted by Crippen LogP contribution is -2.14. The maximum atomic E-state index is 13.2. The maximum Gasteiger partial charge on any atom is 0.371 e. The number of benzene rings is 1. The van der Waals surface area contributed by atoms with Crippen LogP contribution >= 0.6 is 11.6 Å². The van der Waals surface area contributed by atoms with E-state index in [0.29, 0.717) is 12.1 Å². The van der Waals surface area contributed by atoms with Crippen LogP contribution in [0.25, 0.3) is 0 Å². The molecule has 0 spiro atoms. The quantitative estimate of drug-likeness (QED) is 0.825. The number of rotatable bonds is 4. The van der Waals surface area contributed by atoms with Gasteiger partial charge in [0.05, 0.1) is 10.7 Å². The minimum atomic E-state index is -4.29. The van der Waals surface area contributed by atoms with Gasteiger partial charge in [-0.1, -0.05) is 11.6 Å². The number of anilines is 1. The van der Waals surface area contributed by atoms with Crippen LogP contribution in [0.1, 0.15) is 16.3 Å². The first-order valence-corrected chi connectivity index (χ1v) is 7.49. The zero-order valence-electron chi connectivity index (χ0n) is 10.9. The third-order valence-electron chi connectivity index (χ3n) is 2.63. The molecule has 0 radical (unpaired) electrons. The second-order valence-electron chi connectivity index (χ2n) is 4.19. The number of furan rings is 1. The van der Waals surface area contributed by atoms with E-state index in [4.69, 9.17) is 21.1 Å². The van der Waals surface area contributed by atoms with E-state index in [1.165, 1.54) is 6.92 Å². The van der Waals surface area contributed by atoms with Crippen molar-refractivity contribution in [2.24, 2.45) is 0 Å². The lowest BCUT2D eigenvalue weighted by molar-refractivity contribution is 0.0661. The molecule has 2 N–H and O–H groups in total. The SMILES string of the molecule is Cc1oc(C(=O)O)cc1S(=O)(=O)Nc1cc(F)c(F)cc1Cl. The van der Waals surface area contributed by atoms with Crippen molar-refractivity contribution in [2.75, 3.05) is 4.72 Å². The van der Waals surface area contributed by atoms with E-state index >= 15 is 0 Å². The van der Waals surface area contributed by atoms with Gasteiger partial charge in [0.15, 0.2) is 11.6 Å². The molecule has 0 aliphatic heterocycles. The van der Waals surface area contributed by atoms with E-state index in [9.17, 15) is 22.0 Å². The van der Waals surface area contributed by atoms with Crippen molar-refractivity contribution >= 4 is 33.3 Å². The molecule has 1 heterocycles. The molecule has 0 unspecified atom stereocenters. The van der Waals surface area contributed by atoms with Crippen LogP contribution in [-0.4, -0.2) is 19.5 Å². The third kappa shape index (κ3) is 3.04. The number of sulfonamides is 1. The van der Waals surface area contributed by atoms with Gasteiger partial charge in [-0.3, -0.25) is 4.72 Å². The average molecular weight is 352 g/mol. The maximum absolute atomic E-state index is 13.2. The van der Waals surface area contributed by atoms with Crippen molar-refractivity contribution in [3.05, 3.63) is 46.4 Å². The lowest BCUT2D eigenvalue weighted by Gasteiger charge is -2.09. The minimum Gasteiger partial charge on any atom is -0.475 e. The fourth-order valence-electron chi connectivity index (χ4n) is 1.64. The van der Waals surface area contributed by atoms with Crippen LogP contribution in [0, 0.1) is 18.6 Å². The molecular formula is C12H8ClF2NO5S. The third-order valence-corrected chi connectivity index (χ3v) is 4.41. The first-order valence-electron chi connectivity index (χ1n) is 5.63. The highest BCUT2D eigenvalue weighted by molar-refractivity contribution is 7.92. The van der Waals surface area contributed by atoms with Gasteiger partial charge in [-0.05, 0) is 13.0 Å².